The summed E-state index contributed by atoms with van der Waals surface area (Å²) in [4.78, 5) is 0. The van der Waals surface area contributed by atoms with E-state index in [9.17, 15) is 4.39 Å². The molecule has 1 aliphatic heterocycles. The molecule has 1 heterocycles. The topological polar surface area (TPSA) is 21.3 Å². The van der Waals surface area contributed by atoms with Gasteiger partial charge in [-0.15, -0.1) is 0 Å². The van der Waals surface area contributed by atoms with Crippen LogP contribution in [0.25, 0.3) is 0 Å². The lowest BCUT2D eigenvalue weighted by Gasteiger charge is -2.25. The second-order valence-corrected chi connectivity index (χ2v) is 3.51. The van der Waals surface area contributed by atoms with Crippen molar-refractivity contribution in [3.63, 3.8) is 0 Å². The van der Waals surface area contributed by atoms with Crippen LogP contribution >= 0.6 is 0 Å². The van der Waals surface area contributed by atoms with Gasteiger partial charge in [0, 0.05) is 6.54 Å². The molecule has 14 heavy (non-hydrogen) atoms. The molecule has 0 radical (unpaired) electrons. The van der Waals surface area contributed by atoms with E-state index in [-0.39, 0.29) is 11.9 Å². The van der Waals surface area contributed by atoms with E-state index in [1.807, 2.05) is 13.1 Å². The van der Waals surface area contributed by atoms with E-state index < -0.39 is 0 Å². The highest BCUT2D eigenvalue weighted by Crippen LogP contribution is 2.27. The number of hydrogen-bond donors (Lipinski definition) is 1. The van der Waals surface area contributed by atoms with E-state index in [0.29, 0.717) is 0 Å². The molecule has 1 atom stereocenters. The zero-order valence-corrected chi connectivity index (χ0v) is 8.22. The van der Waals surface area contributed by atoms with Crippen molar-refractivity contribution >= 4 is 0 Å². The van der Waals surface area contributed by atoms with Crippen LogP contribution in [0, 0.1) is 5.82 Å². The number of ether oxygens (including phenoxy) is 1. The van der Waals surface area contributed by atoms with Gasteiger partial charge in [-0.1, -0.05) is 6.07 Å². The van der Waals surface area contributed by atoms with Gasteiger partial charge in [-0.2, -0.15) is 0 Å². The summed E-state index contributed by atoms with van der Waals surface area (Å²) < 4.78 is 18.6. The van der Waals surface area contributed by atoms with E-state index in [0.717, 1.165) is 25.1 Å². The molecule has 3 heteroatoms. The standard InChI is InChI=1S/C11H14FNO/c1-13-7-11-10-6-9(12)3-2-8(10)4-5-14-11/h2-3,6,11,13H,4-5,7H2,1H3/t11-/m0/s1. The SMILES string of the molecule is CNC[C@@H]1OCCc2ccc(F)cc21. The fourth-order valence-corrected chi connectivity index (χ4v) is 1.85. The Balaban J connectivity index is 2.32. The molecular weight excluding hydrogens is 181 g/mol. The van der Waals surface area contributed by atoms with Crippen LogP contribution in [0.5, 0.6) is 0 Å². The minimum Gasteiger partial charge on any atom is -0.372 e. The minimum atomic E-state index is -0.185. The summed E-state index contributed by atoms with van der Waals surface area (Å²) in [7, 11) is 1.87. The molecule has 0 aliphatic carbocycles. The van der Waals surface area contributed by atoms with E-state index in [4.69, 9.17) is 4.74 Å². The second kappa shape index (κ2) is 4.07. The number of nitrogens with one attached hydrogen (secondary N) is 1. The van der Waals surface area contributed by atoms with Gasteiger partial charge in [-0.3, -0.25) is 0 Å². The Morgan fingerprint density at radius 1 is 1.57 bits per heavy atom. The van der Waals surface area contributed by atoms with Gasteiger partial charge in [0.2, 0.25) is 0 Å². The van der Waals surface area contributed by atoms with Gasteiger partial charge in [0.1, 0.15) is 5.82 Å². The Kier molecular flexibility index (Phi) is 2.79. The lowest BCUT2D eigenvalue weighted by molar-refractivity contribution is 0.0436. The molecule has 0 saturated carbocycles. The third-order valence-electron chi connectivity index (χ3n) is 2.53. The summed E-state index contributed by atoms with van der Waals surface area (Å²) in [6.45, 7) is 1.46. The molecule has 1 aromatic rings. The number of likely N-dealkylation sites (N-methyl/N-ethyl adjacent to an activating group) is 1. The summed E-state index contributed by atoms with van der Waals surface area (Å²) in [5, 5.41) is 3.05. The lowest BCUT2D eigenvalue weighted by atomic mass is 9.97. The Bertz CT molecular complexity index is 327. The third kappa shape index (κ3) is 1.79. The monoisotopic (exact) mass is 195 g/mol. The predicted octanol–water partition coefficient (Wildman–Crippen LogP) is 1.66. The number of halogens is 1. The normalized spacial score (nSPS) is 20.6. The Hall–Kier alpha value is -0.930. The van der Waals surface area contributed by atoms with Crippen molar-refractivity contribution in [2.24, 2.45) is 0 Å². The maximum absolute atomic E-state index is 13.0. The molecule has 0 fully saturated rings. The molecule has 76 valence electrons. The molecule has 1 aromatic carbocycles. The van der Waals surface area contributed by atoms with Crippen molar-refractivity contribution < 1.29 is 9.13 Å². The largest absolute Gasteiger partial charge is 0.372 e. The van der Waals surface area contributed by atoms with Crippen LogP contribution in [0.3, 0.4) is 0 Å². The summed E-state index contributed by atoms with van der Waals surface area (Å²) in [6.07, 6.45) is 0.884. The first kappa shape index (κ1) is 9.62. The number of rotatable bonds is 2. The zero-order valence-electron chi connectivity index (χ0n) is 8.22. The van der Waals surface area contributed by atoms with Crippen LogP contribution in [0.4, 0.5) is 4.39 Å². The first-order valence-electron chi connectivity index (χ1n) is 4.86. The molecule has 0 bridgehead atoms. The third-order valence-corrected chi connectivity index (χ3v) is 2.53. The van der Waals surface area contributed by atoms with Gasteiger partial charge in [-0.05, 0) is 36.7 Å². The Labute approximate surface area is 83.1 Å². The molecule has 2 rings (SSSR count). The number of hydrogen-bond acceptors (Lipinski definition) is 2. The van der Waals surface area contributed by atoms with Gasteiger partial charge in [0.15, 0.2) is 0 Å². The highest BCUT2D eigenvalue weighted by molar-refractivity contribution is 5.31. The van der Waals surface area contributed by atoms with Gasteiger partial charge in [0.05, 0.1) is 12.7 Å². The van der Waals surface area contributed by atoms with E-state index in [2.05, 4.69) is 5.32 Å². The summed E-state index contributed by atoms with van der Waals surface area (Å²) in [5.41, 5.74) is 2.20. The second-order valence-electron chi connectivity index (χ2n) is 3.51. The molecule has 0 saturated heterocycles. The van der Waals surface area contributed by atoms with Gasteiger partial charge < -0.3 is 10.1 Å². The van der Waals surface area contributed by atoms with Crippen molar-refractivity contribution in [2.75, 3.05) is 20.2 Å². The van der Waals surface area contributed by atoms with Crippen molar-refractivity contribution in [2.45, 2.75) is 12.5 Å². The fourth-order valence-electron chi connectivity index (χ4n) is 1.85. The smallest absolute Gasteiger partial charge is 0.123 e. The summed E-state index contributed by atoms with van der Waals surface area (Å²) in [6, 6.07) is 4.95. The van der Waals surface area contributed by atoms with Crippen LogP contribution in [0.1, 0.15) is 17.2 Å². The van der Waals surface area contributed by atoms with Crippen molar-refractivity contribution in [3.8, 4) is 0 Å². The Morgan fingerprint density at radius 2 is 2.43 bits per heavy atom. The minimum absolute atomic E-state index is 0.000509. The van der Waals surface area contributed by atoms with Crippen molar-refractivity contribution in [1.29, 1.82) is 0 Å². The average molecular weight is 195 g/mol. The molecule has 0 aromatic heterocycles. The van der Waals surface area contributed by atoms with E-state index in [1.165, 1.54) is 11.6 Å². The van der Waals surface area contributed by atoms with Crippen molar-refractivity contribution in [3.05, 3.63) is 35.1 Å². The Morgan fingerprint density at radius 3 is 3.21 bits per heavy atom. The zero-order chi connectivity index (χ0) is 9.97. The van der Waals surface area contributed by atoms with Crippen molar-refractivity contribution in [1.82, 2.24) is 5.32 Å². The first-order chi connectivity index (χ1) is 6.81. The summed E-state index contributed by atoms with van der Waals surface area (Å²) in [5.74, 6) is -0.185. The molecule has 0 unspecified atom stereocenters. The van der Waals surface area contributed by atoms with Crippen LogP contribution in [-0.4, -0.2) is 20.2 Å². The number of fused-ring (bicyclic) bond motifs is 1. The van der Waals surface area contributed by atoms with Gasteiger partial charge >= 0.3 is 0 Å². The number of benzene rings is 1. The highest BCUT2D eigenvalue weighted by atomic mass is 19.1. The first-order valence-corrected chi connectivity index (χ1v) is 4.86. The maximum atomic E-state index is 13.0. The molecule has 2 nitrogen and oxygen atoms in total. The van der Waals surface area contributed by atoms with Crippen LogP contribution in [-0.2, 0) is 11.2 Å². The van der Waals surface area contributed by atoms with Crippen LogP contribution in [0.15, 0.2) is 18.2 Å². The highest BCUT2D eigenvalue weighted by Gasteiger charge is 2.20. The maximum Gasteiger partial charge on any atom is 0.123 e. The van der Waals surface area contributed by atoms with E-state index in [1.54, 1.807) is 6.07 Å². The van der Waals surface area contributed by atoms with Crippen LogP contribution < -0.4 is 5.32 Å². The summed E-state index contributed by atoms with van der Waals surface area (Å²) >= 11 is 0. The van der Waals surface area contributed by atoms with Gasteiger partial charge in [0.25, 0.3) is 0 Å². The molecule has 0 spiro atoms. The molecule has 0 amide bonds. The van der Waals surface area contributed by atoms with Gasteiger partial charge in [-0.25, -0.2) is 4.39 Å². The molecular formula is C11H14FNO. The lowest BCUT2D eigenvalue weighted by Crippen LogP contribution is -2.25. The fraction of sp³-hybridized carbons (Fsp3) is 0.455. The predicted molar refractivity (Wildman–Crippen MR) is 52.7 cm³/mol. The van der Waals surface area contributed by atoms with E-state index >= 15 is 0 Å². The average Bonchev–Trinajstić information content (AvgIpc) is 2.19. The quantitative estimate of drug-likeness (QED) is 0.775. The molecule has 1 aliphatic rings. The molecule has 1 N–H and O–H groups in total. The van der Waals surface area contributed by atoms with Crippen LogP contribution in [0.2, 0.25) is 0 Å².